The summed E-state index contributed by atoms with van der Waals surface area (Å²) in [5.41, 5.74) is 0.853. The minimum Gasteiger partial charge on any atom is -0.339 e. The number of hydrogen-bond acceptors (Lipinski definition) is 5. The number of nitro groups is 1. The third kappa shape index (κ3) is 2.66. The molecule has 0 N–H and O–H groups in total. The number of aryl methyl sites for hydroxylation is 1. The lowest BCUT2D eigenvalue weighted by molar-refractivity contribution is -0.497. The average Bonchev–Trinajstić information content (AvgIpc) is 3.02. The Morgan fingerprint density at radius 1 is 1.72 bits per heavy atom. The molecule has 1 fully saturated rings. The molecule has 2 atom stereocenters. The van der Waals surface area contributed by atoms with Crippen LogP contribution < -0.4 is 0 Å². The number of amides is 1. The second kappa shape index (κ2) is 5.01. The molecular weight excluding hydrogens is 254 g/mol. The lowest BCUT2D eigenvalue weighted by Crippen LogP contribution is -2.29. The highest BCUT2D eigenvalue weighted by Gasteiger charge is 2.54. The molecule has 0 unspecified atom stereocenters. The lowest BCUT2D eigenvalue weighted by atomic mass is 10.3. The summed E-state index contributed by atoms with van der Waals surface area (Å²) in [5, 5.41) is 13.5. The van der Waals surface area contributed by atoms with Gasteiger partial charge in [0, 0.05) is 23.8 Å². The van der Waals surface area contributed by atoms with E-state index in [0.29, 0.717) is 13.0 Å². The highest BCUT2D eigenvalue weighted by molar-refractivity contribution is 7.09. The number of nitrogens with zero attached hydrogens (tertiary/aromatic N) is 3. The van der Waals surface area contributed by atoms with Crippen molar-refractivity contribution >= 4 is 17.2 Å². The number of thiazole rings is 1. The van der Waals surface area contributed by atoms with E-state index in [9.17, 15) is 14.9 Å². The van der Waals surface area contributed by atoms with Gasteiger partial charge in [0.05, 0.1) is 17.2 Å². The number of rotatable bonds is 5. The Labute approximate surface area is 109 Å². The number of carbonyl (C=O) groups excluding carboxylic acids is 1. The van der Waals surface area contributed by atoms with Gasteiger partial charge in [0.15, 0.2) is 0 Å². The third-order valence-corrected chi connectivity index (χ3v) is 4.06. The van der Waals surface area contributed by atoms with Crippen molar-refractivity contribution in [1.82, 2.24) is 9.88 Å². The summed E-state index contributed by atoms with van der Waals surface area (Å²) in [6.07, 6.45) is 1.25. The minimum atomic E-state index is -0.679. The second-order valence-electron chi connectivity index (χ2n) is 4.48. The van der Waals surface area contributed by atoms with E-state index in [4.69, 9.17) is 0 Å². The van der Waals surface area contributed by atoms with Crippen molar-refractivity contribution in [2.45, 2.75) is 32.4 Å². The molecule has 0 radical (unpaired) electrons. The first-order valence-corrected chi connectivity index (χ1v) is 6.72. The third-order valence-electron chi connectivity index (χ3n) is 3.02. The first-order valence-electron chi connectivity index (χ1n) is 5.84. The van der Waals surface area contributed by atoms with Crippen LogP contribution in [0.15, 0.2) is 5.38 Å². The lowest BCUT2D eigenvalue weighted by Gasteiger charge is -2.14. The molecule has 0 aliphatic heterocycles. The molecule has 0 saturated heterocycles. The molecule has 1 aromatic heterocycles. The monoisotopic (exact) mass is 269 g/mol. The normalized spacial score (nSPS) is 21.7. The topological polar surface area (TPSA) is 76.3 Å². The van der Waals surface area contributed by atoms with Gasteiger partial charge in [-0.15, -0.1) is 11.3 Å². The van der Waals surface area contributed by atoms with Crippen LogP contribution in [0.3, 0.4) is 0 Å². The van der Waals surface area contributed by atoms with Crippen LogP contribution in [0.2, 0.25) is 0 Å². The van der Waals surface area contributed by atoms with Gasteiger partial charge in [-0.1, -0.05) is 6.92 Å². The minimum absolute atomic E-state index is 0.150. The maximum Gasteiger partial charge on any atom is 0.233 e. The first-order chi connectivity index (χ1) is 8.52. The zero-order chi connectivity index (χ0) is 13.3. The Morgan fingerprint density at radius 3 is 2.94 bits per heavy atom. The summed E-state index contributed by atoms with van der Waals surface area (Å²) < 4.78 is 0. The maximum absolute atomic E-state index is 11.9. The molecule has 1 heterocycles. The highest BCUT2D eigenvalue weighted by Crippen LogP contribution is 2.34. The summed E-state index contributed by atoms with van der Waals surface area (Å²) in [7, 11) is 1.67. The molecule has 7 heteroatoms. The van der Waals surface area contributed by atoms with E-state index in [1.54, 1.807) is 18.4 Å². The van der Waals surface area contributed by atoms with Crippen LogP contribution in [-0.2, 0) is 17.8 Å². The summed E-state index contributed by atoms with van der Waals surface area (Å²) in [6, 6.07) is -0.679. The summed E-state index contributed by atoms with van der Waals surface area (Å²) in [5.74, 6) is -0.586. The van der Waals surface area contributed by atoms with E-state index in [0.717, 1.165) is 17.1 Å². The summed E-state index contributed by atoms with van der Waals surface area (Å²) in [6.45, 7) is 2.46. The van der Waals surface area contributed by atoms with Gasteiger partial charge >= 0.3 is 0 Å². The maximum atomic E-state index is 11.9. The van der Waals surface area contributed by atoms with Crippen LogP contribution in [0.5, 0.6) is 0 Å². The second-order valence-corrected chi connectivity index (χ2v) is 5.42. The molecule has 18 heavy (non-hydrogen) atoms. The van der Waals surface area contributed by atoms with Crippen LogP contribution in [0.1, 0.15) is 24.0 Å². The molecular formula is C11H15N3O3S. The van der Waals surface area contributed by atoms with E-state index in [2.05, 4.69) is 4.98 Å². The molecule has 6 nitrogen and oxygen atoms in total. The van der Waals surface area contributed by atoms with Crippen molar-refractivity contribution in [3.05, 3.63) is 26.2 Å². The molecule has 2 rings (SSSR count). The SMILES string of the molecule is CCc1nc(CN(C)C(=O)[C@@H]2C[C@@H]2[N+](=O)[O-])cs1. The van der Waals surface area contributed by atoms with Crippen molar-refractivity contribution in [2.75, 3.05) is 7.05 Å². The van der Waals surface area contributed by atoms with E-state index in [1.807, 2.05) is 12.3 Å². The zero-order valence-electron chi connectivity index (χ0n) is 10.3. The van der Waals surface area contributed by atoms with Gasteiger partial charge < -0.3 is 4.90 Å². The Morgan fingerprint density at radius 2 is 2.44 bits per heavy atom. The van der Waals surface area contributed by atoms with Crippen molar-refractivity contribution in [3.8, 4) is 0 Å². The van der Waals surface area contributed by atoms with Crippen molar-refractivity contribution < 1.29 is 9.72 Å². The van der Waals surface area contributed by atoms with Gasteiger partial charge in [0.2, 0.25) is 11.9 Å². The summed E-state index contributed by atoms with van der Waals surface area (Å²) in [4.78, 5) is 28.0. The van der Waals surface area contributed by atoms with Gasteiger partial charge in [-0.3, -0.25) is 14.9 Å². The van der Waals surface area contributed by atoms with Crippen LogP contribution in [0, 0.1) is 16.0 Å². The van der Waals surface area contributed by atoms with Gasteiger partial charge in [-0.2, -0.15) is 0 Å². The molecule has 1 aliphatic carbocycles. The van der Waals surface area contributed by atoms with E-state index in [1.165, 1.54) is 4.90 Å². The molecule has 98 valence electrons. The van der Waals surface area contributed by atoms with Crippen molar-refractivity contribution in [1.29, 1.82) is 0 Å². The van der Waals surface area contributed by atoms with Crippen LogP contribution in [-0.4, -0.2) is 33.8 Å². The Hall–Kier alpha value is -1.50. The Balaban J connectivity index is 1.90. The average molecular weight is 269 g/mol. The molecule has 1 aliphatic rings. The van der Waals surface area contributed by atoms with Crippen LogP contribution in [0.25, 0.3) is 0 Å². The van der Waals surface area contributed by atoms with E-state index in [-0.39, 0.29) is 10.8 Å². The fourth-order valence-electron chi connectivity index (χ4n) is 1.87. The number of carbonyl (C=O) groups is 1. The molecule has 1 aromatic rings. The van der Waals surface area contributed by atoms with Crippen molar-refractivity contribution in [2.24, 2.45) is 5.92 Å². The quantitative estimate of drug-likeness (QED) is 0.597. The van der Waals surface area contributed by atoms with Gasteiger partial charge in [0.1, 0.15) is 5.92 Å². The Bertz CT molecular complexity index is 474. The Kier molecular flexibility index (Phi) is 3.60. The first kappa shape index (κ1) is 12.9. The summed E-state index contributed by atoms with van der Waals surface area (Å²) >= 11 is 1.58. The number of hydrogen-bond donors (Lipinski definition) is 0. The van der Waals surface area contributed by atoms with Crippen LogP contribution >= 0.6 is 11.3 Å². The largest absolute Gasteiger partial charge is 0.339 e. The highest BCUT2D eigenvalue weighted by atomic mass is 32.1. The molecule has 0 aromatic carbocycles. The van der Waals surface area contributed by atoms with Gasteiger partial charge in [0.25, 0.3) is 0 Å². The molecule has 1 saturated carbocycles. The smallest absolute Gasteiger partial charge is 0.233 e. The fraction of sp³-hybridized carbons (Fsp3) is 0.636. The fourth-order valence-corrected chi connectivity index (χ4v) is 2.60. The van der Waals surface area contributed by atoms with Gasteiger partial charge in [-0.25, -0.2) is 4.98 Å². The molecule has 0 bridgehead atoms. The zero-order valence-corrected chi connectivity index (χ0v) is 11.1. The predicted octanol–water partition coefficient (Wildman–Crippen LogP) is 1.33. The number of aromatic nitrogens is 1. The predicted molar refractivity (Wildman–Crippen MR) is 66.9 cm³/mol. The molecule has 1 amide bonds. The van der Waals surface area contributed by atoms with Crippen LogP contribution in [0.4, 0.5) is 0 Å². The van der Waals surface area contributed by atoms with E-state index >= 15 is 0 Å². The van der Waals surface area contributed by atoms with E-state index < -0.39 is 12.0 Å². The molecule has 0 spiro atoms. The van der Waals surface area contributed by atoms with Crippen molar-refractivity contribution in [3.63, 3.8) is 0 Å². The standard InChI is InChI=1S/C11H15N3O3S/c1-3-10-12-7(6-18-10)5-13(2)11(15)8-4-9(8)14(16)17/h6,8-9H,3-5H2,1-2H3/t8-,9+/m1/s1. The van der Waals surface area contributed by atoms with Gasteiger partial charge in [-0.05, 0) is 6.42 Å².